The number of hydrogen-bond acceptors (Lipinski definition) is 5. The Bertz CT molecular complexity index is 1220. The van der Waals surface area contributed by atoms with E-state index in [2.05, 4.69) is 28.3 Å². The fraction of sp³-hybridized carbons (Fsp3) is 0.323. The Labute approximate surface area is 229 Å². The third-order valence-electron chi connectivity index (χ3n) is 6.67. The molecule has 208 valence electrons. The zero-order valence-corrected chi connectivity index (χ0v) is 22.7. The topological polar surface area (TPSA) is 54.0 Å². The SMILES string of the molecule is C=CC1=C(C)/C(=C\c2ccc(N(C)CCN3CCOCC3)c(NC=O)c2)c2ccc(F)cc2OC1.C=CCF. The van der Waals surface area contributed by atoms with Gasteiger partial charge >= 0.3 is 0 Å². The van der Waals surface area contributed by atoms with E-state index in [9.17, 15) is 13.6 Å². The first kappa shape index (κ1) is 29.8. The van der Waals surface area contributed by atoms with Crippen molar-refractivity contribution in [2.75, 3.05) is 69.9 Å². The number of fused-ring (bicyclic) bond motifs is 1. The number of rotatable bonds is 9. The number of carbonyl (C=O) groups excluding carboxylic acids is 1. The second-order valence-electron chi connectivity index (χ2n) is 9.20. The predicted molar refractivity (Wildman–Crippen MR) is 155 cm³/mol. The Morgan fingerprint density at radius 3 is 2.56 bits per heavy atom. The van der Waals surface area contributed by atoms with Crippen molar-refractivity contribution in [3.05, 3.63) is 89.8 Å². The Hall–Kier alpha value is -3.75. The molecule has 0 spiro atoms. The molecule has 0 radical (unpaired) electrons. The summed E-state index contributed by atoms with van der Waals surface area (Å²) in [5.41, 5.74) is 6.29. The Morgan fingerprint density at radius 1 is 1.15 bits per heavy atom. The van der Waals surface area contributed by atoms with E-state index in [0.717, 1.165) is 78.6 Å². The second kappa shape index (κ2) is 15.0. The van der Waals surface area contributed by atoms with E-state index in [4.69, 9.17) is 9.47 Å². The van der Waals surface area contributed by atoms with Gasteiger partial charge in [-0.1, -0.05) is 24.8 Å². The van der Waals surface area contributed by atoms with Crippen LogP contribution >= 0.6 is 0 Å². The van der Waals surface area contributed by atoms with E-state index in [0.29, 0.717) is 18.8 Å². The summed E-state index contributed by atoms with van der Waals surface area (Å²) in [5, 5.41) is 2.86. The summed E-state index contributed by atoms with van der Waals surface area (Å²) in [6.07, 6.45) is 5.72. The van der Waals surface area contributed by atoms with Crippen molar-refractivity contribution >= 4 is 29.4 Å². The van der Waals surface area contributed by atoms with Crippen LogP contribution in [0.1, 0.15) is 18.1 Å². The van der Waals surface area contributed by atoms with Crippen molar-refractivity contribution in [2.24, 2.45) is 0 Å². The van der Waals surface area contributed by atoms with Gasteiger partial charge in [-0.25, -0.2) is 8.78 Å². The lowest BCUT2D eigenvalue weighted by Crippen LogP contribution is -2.40. The number of alkyl halides is 1. The molecule has 2 aromatic rings. The standard InChI is InChI=1S/C28H32FN3O3.C3H5F/c1-4-22-18-35-28-17-23(29)6-7-24(28)25(20(22)2)15-21-5-8-27(26(16-21)30-19-33)31(3)9-10-32-11-13-34-14-12-32;1-2-3-4/h4-8,15-17,19H,1,9-14,18H2,2-3H3,(H,30,33);2H,1,3H2/b25-15+;. The molecule has 0 unspecified atom stereocenters. The number of benzene rings is 2. The number of hydrogen-bond donors (Lipinski definition) is 1. The largest absolute Gasteiger partial charge is 0.488 e. The molecule has 2 aromatic carbocycles. The lowest BCUT2D eigenvalue weighted by Gasteiger charge is -2.30. The van der Waals surface area contributed by atoms with Gasteiger partial charge in [0.05, 0.1) is 24.6 Å². The molecule has 0 saturated carbocycles. The highest BCUT2D eigenvalue weighted by atomic mass is 19.1. The van der Waals surface area contributed by atoms with Crippen LogP contribution in [-0.4, -0.2) is 71.0 Å². The number of carbonyl (C=O) groups is 1. The molecule has 0 aromatic heterocycles. The van der Waals surface area contributed by atoms with Crippen molar-refractivity contribution < 1.29 is 23.0 Å². The molecule has 2 aliphatic heterocycles. The van der Waals surface area contributed by atoms with Crippen molar-refractivity contribution in [1.29, 1.82) is 0 Å². The monoisotopic (exact) mass is 537 g/mol. The van der Waals surface area contributed by atoms with Gasteiger partial charge in [-0.05, 0) is 59.5 Å². The maximum Gasteiger partial charge on any atom is 0.211 e. The van der Waals surface area contributed by atoms with Crippen molar-refractivity contribution in [3.8, 4) is 5.75 Å². The van der Waals surface area contributed by atoms with Crippen LogP contribution in [0.2, 0.25) is 0 Å². The van der Waals surface area contributed by atoms with Gasteiger partial charge < -0.3 is 19.7 Å². The molecule has 0 aliphatic carbocycles. The fourth-order valence-corrected chi connectivity index (χ4v) is 4.43. The normalized spacial score (nSPS) is 16.3. The molecule has 39 heavy (non-hydrogen) atoms. The van der Waals surface area contributed by atoms with Crippen LogP contribution in [0.3, 0.4) is 0 Å². The molecule has 2 heterocycles. The van der Waals surface area contributed by atoms with E-state index in [1.165, 1.54) is 18.2 Å². The van der Waals surface area contributed by atoms with Crippen molar-refractivity contribution in [3.63, 3.8) is 0 Å². The molecular formula is C31H37F2N3O3. The first-order chi connectivity index (χ1) is 18.9. The summed E-state index contributed by atoms with van der Waals surface area (Å²) in [6, 6.07) is 10.6. The quantitative estimate of drug-likeness (QED) is 0.327. The smallest absolute Gasteiger partial charge is 0.211 e. The zero-order chi connectivity index (χ0) is 28.2. The van der Waals surface area contributed by atoms with Gasteiger partial charge in [0.15, 0.2) is 0 Å². The number of amides is 1. The number of halogens is 2. The number of anilines is 2. The predicted octanol–water partition coefficient (Wildman–Crippen LogP) is 5.74. The molecule has 6 nitrogen and oxygen atoms in total. The summed E-state index contributed by atoms with van der Waals surface area (Å²) < 4.78 is 35.8. The van der Waals surface area contributed by atoms with E-state index in [1.807, 2.05) is 38.2 Å². The van der Waals surface area contributed by atoms with Gasteiger partial charge in [0, 0.05) is 44.9 Å². The Balaban J connectivity index is 0.000000983. The van der Waals surface area contributed by atoms with Crippen LogP contribution in [0, 0.1) is 5.82 Å². The molecule has 1 saturated heterocycles. The van der Waals surface area contributed by atoms with Gasteiger partial charge in [-0.3, -0.25) is 9.69 Å². The molecule has 4 rings (SSSR count). The van der Waals surface area contributed by atoms with Crippen LogP contribution in [0.25, 0.3) is 11.6 Å². The number of allylic oxidation sites excluding steroid dienone is 3. The van der Waals surface area contributed by atoms with E-state index in [-0.39, 0.29) is 5.82 Å². The number of morpholine rings is 1. The molecule has 8 heteroatoms. The van der Waals surface area contributed by atoms with E-state index < -0.39 is 6.67 Å². The zero-order valence-electron chi connectivity index (χ0n) is 22.7. The Morgan fingerprint density at radius 2 is 1.90 bits per heavy atom. The van der Waals surface area contributed by atoms with Gasteiger partial charge in [-0.2, -0.15) is 0 Å². The Kier molecular flexibility index (Phi) is 11.5. The fourth-order valence-electron chi connectivity index (χ4n) is 4.43. The average molecular weight is 538 g/mol. The van der Waals surface area contributed by atoms with Gasteiger partial charge in [-0.15, -0.1) is 6.58 Å². The first-order valence-electron chi connectivity index (χ1n) is 12.9. The van der Waals surface area contributed by atoms with Gasteiger partial charge in [0.25, 0.3) is 0 Å². The number of nitrogens with zero attached hydrogens (tertiary/aromatic N) is 2. The highest BCUT2D eigenvalue weighted by Crippen LogP contribution is 2.38. The molecule has 2 aliphatic rings. The van der Waals surface area contributed by atoms with Gasteiger partial charge in [0.2, 0.25) is 6.41 Å². The first-order valence-corrected chi connectivity index (χ1v) is 12.9. The van der Waals surface area contributed by atoms with Crippen molar-refractivity contribution in [2.45, 2.75) is 6.92 Å². The van der Waals surface area contributed by atoms with Crippen LogP contribution in [0.5, 0.6) is 5.75 Å². The van der Waals surface area contributed by atoms with E-state index in [1.54, 1.807) is 12.1 Å². The lowest BCUT2D eigenvalue weighted by molar-refractivity contribution is -0.105. The highest BCUT2D eigenvalue weighted by molar-refractivity contribution is 5.95. The molecule has 0 bridgehead atoms. The minimum atomic E-state index is -0.417. The molecule has 0 atom stereocenters. The molecule has 1 fully saturated rings. The third kappa shape index (κ3) is 8.12. The summed E-state index contributed by atoms with van der Waals surface area (Å²) in [7, 11) is 2.03. The second-order valence-corrected chi connectivity index (χ2v) is 9.20. The van der Waals surface area contributed by atoms with Crippen LogP contribution in [0.15, 0.2) is 72.9 Å². The highest BCUT2D eigenvalue weighted by Gasteiger charge is 2.19. The summed E-state index contributed by atoms with van der Waals surface area (Å²) in [5.74, 6) is 0.155. The van der Waals surface area contributed by atoms with Gasteiger partial charge in [0.1, 0.15) is 24.8 Å². The molecule has 1 N–H and O–H groups in total. The van der Waals surface area contributed by atoms with Crippen molar-refractivity contribution in [1.82, 2.24) is 4.90 Å². The summed E-state index contributed by atoms with van der Waals surface area (Å²) in [6.45, 7) is 14.1. The third-order valence-corrected chi connectivity index (χ3v) is 6.67. The lowest BCUT2D eigenvalue weighted by atomic mass is 9.93. The maximum absolute atomic E-state index is 13.9. The summed E-state index contributed by atoms with van der Waals surface area (Å²) >= 11 is 0. The number of likely N-dealkylation sites (N-methyl/N-ethyl adjacent to an activating group) is 1. The minimum absolute atomic E-state index is 0.327. The number of ether oxygens (including phenoxy) is 2. The molecular weight excluding hydrogens is 500 g/mol. The maximum atomic E-state index is 13.9. The molecule has 1 amide bonds. The van der Waals surface area contributed by atoms with Crippen LogP contribution < -0.4 is 15.0 Å². The number of nitrogens with one attached hydrogen (secondary N) is 1. The van der Waals surface area contributed by atoms with Crippen LogP contribution in [0.4, 0.5) is 20.2 Å². The van der Waals surface area contributed by atoms with E-state index >= 15 is 0 Å². The van der Waals surface area contributed by atoms with Crippen LogP contribution in [-0.2, 0) is 9.53 Å². The summed E-state index contributed by atoms with van der Waals surface area (Å²) in [4.78, 5) is 15.9. The minimum Gasteiger partial charge on any atom is -0.488 e. The average Bonchev–Trinajstić information content (AvgIpc) is 3.08.